The lowest BCUT2D eigenvalue weighted by atomic mass is 10.2. The summed E-state index contributed by atoms with van der Waals surface area (Å²) >= 11 is 7.32. The van der Waals surface area contributed by atoms with Crippen LogP contribution in [0.5, 0.6) is 0 Å². The minimum absolute atomic E-state index is 0.115. The number of benzene rings is 1. The van der Waals surface area contributed by atoms with Gasteiger partial charge < -0.3 is 10.2 Å². The Labute approximate surface area is 109 Å². The molecule has 92 valence electrons. The third-order valence-corrected chi connectivity index (χ3v) is 4.58. The number of aliphatic hydroxyl groups excluding tert-OH is 1. The maximum atomic E-state index is 10.9. The summed E-state index contributed by atoms with van der Waals surface area (Å²) in [7, 11) is 0. The van der Waals surface area contributed by atoms with Crippen molar-refractivity contribution in [3.63, 3.8) is 0 Å². The van der Waals surface area contributed by atoms with Crippen LogP contribution in [-0.4, -0.2) is 27.5 Å². The van der Waals surface area contributed by atoms with E-state index in [0.717, 1.165) is 24.2 Å². The first-order valence-electron chi connectivity index (χ1n) is 5.45. The molecule has 0 spiro atoms. The molecule has 0 aromatic heterocycles. The number of hydrogen-bond acceptors (Lipinski definition) is 3. The number of rotatable bonds is 3. The summed E-state index contributed by atoms with van der Waals surface area (Å²) < 4.78 is 0. The van der Waals surface area contributed by atoms with Gasteiger partial charge in [-0.2, -0.15) is 0 Å². The summed E-state index contributed by atoms with van der Waals surface area (Å²) in [5.41, 5.74) is 0.115. The Morgan fingerprint density at radius 3 is 2.76 bits per heavy atom. The number of hydrogen-bond donors (Lipinski definition) is 2. The zero-order valence-electron chi connectivity index (χ0n) is 9.10. The molecule has 1 aromatic rings. The SMILES string of the molecule is O=C(O)c1cc(SC2CCCC2O)ccc1Cl. The number of carbonyl (C=O) groups is 1. The molecule has 0 saturated heterocycles. The standard InChI is InChI=1S/C12H13ClO3S/c13-9-5-4-7(6-8(9)12(15)16)17-11-3-1-2-10(11)14/h4-6,10-11,14H,1-3H2,(H,15,16). The van der Waals surface area contributed by atoms with E-state index in [9.17, 15) is 9.90 Å². The Hall–Kier alpha value is -0.710. The number of carboxylic acids is 1. The first-order chi connectivity index (χ1) is 8.08. The highest BCUT2D eigenvalue weighted by Gasteiger charge is 2.26. The maximum Gasteiger partial charge on any atom is 0.337 e. The maximum absolute atomic E-state index is 10.9. The van der Waals surface area contributed by atoms with E-state index in [4.69, 9.17) is 16.7 Å². The predicted octanol–water partition coefficient (Wildman–Crippen LogP) is 3.04. The summed E-state index contributed by atoms with van der Waals surface area (Å²) in [6, 6.07) is 4.96. The lowest BCUT2D eigenvalue weighted by Gasteiger charge is -2.14. The van der Waals surface area contributed by atoms with E-state index in [1.165, 1.54) is 11.8 Å². The van der Waals surface area contributed by atoms with Crippen LogP contribution in [0.2, 0.25) is 5.02 Å². The molecule has 1 aromatic carbocycles. The van der Waals surface area contributed by atoms with Crippen molar-refractivity contribution in [2.45, 2.75) is 35.5 Å². The minimum Gasteiger partial charge on any atom is -0.478 e. The summed E-state index contributed by atoms with van der Waals surface area (Å²) in [6.07, 6.45) is 2.54. The molecule has 2 atom stereocenters. The van der Waals surface area contributed by atoms with Gasteiger partial charge in [0.1, 0.15) is 0 Å². The Balaban J connectivity index is 2.16. The summed E-state index contributed by atoms with van der Waals surface area (Å²) in [4.78, 5) is 11.8. The highest BCUT2D eigenvalue weighted by atomic mass is 35.5. The van der Waals surface area contributed by atoms with Crippen LogP contribution < -0.4 is 0 Å². The Bertz CT molecular complexity index is 436. The van der Waals surface area contributed by atoms with Crippen molar-refractivity contribution in [2.75, 3.05) is 0 Å². The van der Waals surface area contributed by atoms with Gasteiger partial charge in [-0.3, -0.25) is 0 Å². The molecule has 2 rings (SSSR count). The van der Waals surface area contributed by atoms with Crippen LogP contribution in [0, 0.1) is 0 Å². The van der Waals surface area contributed by atoms with Crippen molar-refractivity contribution in [1.29, 1.82) is 0 Å². The van der Waals surface area contributed by atoms with E-state index < -0.39 is 5.97 Å². The van der Waals surface area contributed by atoms with Gasteiger partial charge in [-0.05, 0) is 37.5 Å². The number of halogens is 1. The second kappa shape index (κ2) is 5.29. The molecule has 1 fully saturated rings. The average Bonchev–Trinajstić information content (AvgIpc) is 2.67. The molecule has 3 nitrogen and oxygen atoms in total. The van der Waals surface area contributed by atoms with Crippen LogP contribution in [0.15, 0.2) is 23.1 Å². The molecule has 0 aliphatic heterocycles. The van der Waals surface area contributed by atoms with Gasteiger partial charge in [0.2, 0.25) is 0 Å². The van der Waals surface area contributed by atoms with Crippen molar-refractivity contribution < 1.29 is 15.0 Å². The minimum atomic E-state index is -1.02. The molecule has 0 radical (unpaired) electrons. The van der Waals surface area contributed by atoms with E-state index in [-0.39, 0.29) is 21.9 Å². The van der Waals surface area contributed by atoms with Gasteiger partial charge in [0.05, 0.1) is 16.7 Å². The molecule has 2 N–H and O–H groups in total. The summed E-state index contributed by atoms with van der Waals surface area (Å²) in [5, 5.41) is 19.1. The molecule has 1 aliphatic rings. The Morgan fingerprint density at radius 2 is 2.18 bits per heavy atom. The third-order valence-electron chi connectivity index (χ3n) is 2.87. The summed E-state index contributed by atoms with van der Waals surface area (Å²) in [6.45, 7) is 0. The highest BCUT2D eigenvalue weighted by Crippen LogP contribution is 2.36. The lowest BCUT2D eigenvalue weighted by molar-refractivity contribution is 0.0697. The Morgan fingerprint density at radius 1 is 1.41 bits per heavy atom. The molecule has 0 heterocycles. The number of aromatic carboxylic acids is 1. The van der Waals surface area contributed by atoms with E-state index in [0.29, 0.717) is 0 Å². The van der Waals surface area contributed by atoms with E-state index >= 15 is 0 Å². The van der Waals surface area contributed by atoms with Gasteiger partial charge in [0, 0.05) is 10.1 Å². The van der Waals surface area contributed by atoms with Crippen LogP contribution in [0.1, 0.15) is 29.6 Å². The van der Waals surface area contributed by atoms with Crippen LogP contribution in [0.3, 0.4) is 0 Å². The van der Waals surface area contributed by atoms with Crippen molar-refractivity contribution in [2.24, 2.45) is 0 Å². The quantitative estimate of drug-likeness (QED) is 0.888. The zero-order valence-corrected chi connectivity index (χ0v) is 10.7. The van der Waals surface area contributed by atoms with Gasteiger partial charge in [0.15, 0.2) is 0 Å². The fourth-order valence-electron chi connectivity index (χ4n) is 1.96. The van der Waals surface area contributed by atoms with E-state index in [2.05, 4.69) is 0 Å². The first kappa shape index (κ1) is 12.7. The van der Waals surface area contributed by atoms with Crippen molar-refractivity contribution in [1.82, 2.24) is 0 Å². The van der Waals surface area contributed by atoms with Crippen LogP contribution in [0.4, 0.5) is 0 Å². The normalized spacial score (nSPS) is 23.9. The zero-order chi connectivity index (χ0) is 12.4. The van der Waals surface area contributed by atoms with E-state index in [1.54, 1.807) is 18.2 Å². The average molecular weight is 273 g/mol. The van der Waals surface area contributed by atoms with Gasteiger partial charge >= 0.3 is 5.97 Å². The highest BCUT2D eigenvalue weighted by molar-refractivity contribution is 8.00. The van der Waals surface area contributed by atoms with Gasteiger partial charge in [-0.15, -0.1) is 11.8 Å². The van der Waals surface area contributed by atoms with Crippen LogP contribution in [-0.2, 0) is 0 Å². The molecule has 1 aliphatic carbocycles. The second-order valence-electron chi connectivity index (χ2n) is 4.10. The fourth-order valence-corrected chi connectivity index (χ4v) is 3.42. The van der Waals surface area contributed by atoms with Gasteiger partial charge in [0.25, 0.3) is 0 Å². The molecule has 5 heteroatoms. The molecule has 0 amide bonds. The second-order valence-corrected chi connectivity index (χ2v) is 5.82. The largest absolute Gasteiger partial charge is 0.478 e. The van der Waals surface area contributed by atoms with Crippen molar-refractivity contribution in [3.8, 4) is 0 Å². The number of carboxylic acid groups (broad SMARTS) is 1. The Kier molecular flexibility index (Phi) is 3.97. The topological polar surface area (TPSA) is 57.5 Å². The molecular weight excluding hydrogens is 260 g/mol. The molecule has 2 unspecified atom stereocenters. The summed E-state index contributed by atoms with van der Waals surface area (Å²) in [5.74, 6) is -1.02. The van der Waals surface area contributed by atoms with Crippen molar-refractivity contribution in [3.05, 3.63) is 28.8 Å². The monoisotopic (exact) mass is 272 g/mol. The van der Waals surface area contributed by atoms with Gasteiger partial charge in [-0.25, -0.2) is 4.79 Å². The van der Waals surface area contributed by atoms with E-state index in [1.807, 2.05) is 0 Å². The molecular formula is C12H13ClO3S. The predicted molar refractivity (Wildman–Crippen MR) is 67.9 cm³/mol. The van der Waals surface area contributed by atoms with Crippen molar-refractivity contribution >= 4 is 29.3 Å². The van der Waals surface area contributed by atoms with Gasteiger partial charge in [-0.1, -0.05) is 11.6 Å². The third kappa shape index (κ3) is 2.94. The number of aliphatic hydroxyl groups is 1. The van der Waals surface area contributed by atoms with Crippen LogP contribution >= 0.6 is 23.4 Å². The fraction of sp³-hybridized carbons (Fsp3) is 0.417. The molecule has 1 saturated carbocycles. The first-order valence-corrected chi connectivity index (χ1v) is 6.71. The van der Waals surface area contributed by atoms with Crippen LogP contribution in [0.25, 0.3) is 0 Å². The number of thioether (sulfide) groups is 1. The molecule has 0 bridgehead atoms. The molecule has 17 heavy (non-hydrogen) atoms. The lowest BCUT2D eigenvalue weighted by Crippen LogP contribution is -2.14. The smallest absolute Gasteiger partial charge is 0.337 e.